The number of benzene rings is 1. The van der Waals surface area contributed by atoms with Crippen molar-refractivity contribution in [2.24, 2.45) is 17.8 Å². The smallest absolute Gasteiger partial charge is 0.309 e. The van der Waals surface area contributed by atoms with E-state index in [0.29, 0.717) is 24.1 Å². The van der Waals surface area contributed by atoms with Crippen molar-refractivity contribution in [3.05, 3.63) is 29.8 Å². The molecule has 2 aliphatic rings. The van der Waals surface area contributed by atoms with E-state index in [-0.39, 0.29) is 17.3 Å². The first-order valence-corrected chi connectivity index (χ1v) is 14.5. The summed E-state index contributed by atoms with van der Waals surface area (Å²) in [6.45, 7) is 9.80. The molecule has 3 atom stereocenters. The lowest BCUT2D eigenvalue weighted by molar-refractivity contribution is -0.151. The molecule has 0 bridgehead atoms. The lowest BCUT2D eigenvalue weighted by Gasteiger charge is -2.45. The molecule has 1 aromatic carbocycles. The Morgan fingerprint density at radius 3 is 2.64 bits per heavy atom. The van der Waals surface area contributed by atoms with Gasteiger partial charge in [-0.1, -0.05) is 45.2 Å². The van der Waals surface area contributed by atoms with Crippen LogP contribution in [0.15, 0.2) is 24.3 Å². The minimum atomic E-state index is -3.30. The van der Waals surface area contributed by atoms with Crippen molar-refractivity contribution < 1.29 is 17.9 Å². The zero-order chi connectivity index (χ0) is 24.1. The van der Waals surface area contributed by atoms with Crippen LogP contribution in [-0.4, -0.2) is 51.8 Å². The highest BCUT2D eigenvalue weighted by Crippen LogP contribution is 2.40. The van der Waals surface area contributed by atoms with Crippen LogP contribution in [0.25, 0.3) is 0 Å². The quantitative estimate of drug-likeness (QED) is 0.516. The first-order chi connectivity index (χ1) is 15.6. The molecule has 2 fully saturated rings. The van der Waals surface area contributed by atoms with E-state index in [4.69, 9.17) is 4.74 Å². The summed E-state index contributed by atoms with van der Waals surface area (Å²) in [4.78, 5) is 15.2. The normalized spacial score (nSPS) is 26.0. The van der Waals surface area contributed by atoms with Crippen LogP contribution in [0.4, 0.5) is 5.69 Å². The number of piperidine rings is 1. The fourth-order valence-electron chi connectivity index (χ4n) is 5.75. The zero-order valence-electron chi connectivity index (χ0n) is 20.8. The second-order valence-electron chi connectivity index (χ2n) is 10.4. The van der Waals surface area contributed by atoms with Gasteiger partial charge in [-0.3, -0.25) is 9.52 Å². The number of carbonyl (C=O) groups excluding carboxylic acids is 1. The summed E-state index contributed by atoms with van der Waals surface area (Å²) in [5, 5.41) is 0. The van der Waals surface area contributed by atoms with E-state index in [0.717, 1.165) is 45.3 Å². The molecule has 0 radical (unpaired) electrons. The molecule has 186 valence electrons. The molecule has 0 amide bonds. The molecule has 1 saturated carbocycles. The molecular formula is C26H42N2O4S. The molecule has 33 heavy (non-hydrogen) atoms. The van der Waals surface area contributed by atoms with Gasteiger partial charge in [0.05, 0.1) is 18.8 Å². The number of hydrogen-bond acceptors (Lipinski definition) is 5. The van der Waals surface area contributed by atoms with E-state index < -0.39 is 10.0 Å². The number of likely N-dealkylation sites (tertiary alicyclic amines) is 1. The second kappa shape index (κ2) is 11.2. The Balaban J connectivity index is 1.63. The highest BCUT2D eigenvalue weighted by molar-refractivity contribution is 7.92. The summed E-state index contributed by atoms with van der Waals surface area (Å²) in [5.74, 6) is 0.896. The van der Waals surface area contributed by atoms with Crippen LogP contribution in [0, 0.1) is 17.8 Å². The Morgan fingerprint density at radius 1 is 1.27 bits per heavy atom. The summed E-state index contributed by atoms with van der Waals surface area (Å²) in [6, 6.07) is 7.82. The van der Waals surface area contributed by atoms with Crippen LogP contribution in [0.1, 0.15) is 71.3 Å². The number of anilines is 1. The number of sulfonamides is 1. The molecule has 3 rings (SSSR count). The molecule has 0 aromatic heterocycles. The van der Waals surface area contributed by atoms with Gasteiger partial charge in [0, 0.05) is 12.2 Å². The van der Waals surface area contributed by atoms with E-state index in [2.05, 4.69) is 29.5 Å². The predicted molar refractivity (Wildman–Crippen MR) is 134 cm³/mol. The van der Waals surface area contributed by atoms with Gasteiger partial charge in [0.2, 0.25) is 10.0 Å². The van der Waals surface area contributed by atoms with Gasteiger partial charge in [-0.05, 0) is 80.6 Å². The monoisotopic (exact) mass is 478 g/mol. The first kappa shape index (κ1) is 26.0. The maximum atomic E-state index is 12.7. The molecular weight excluding hydrogens is 436 g/mol. The van der Waals surface area contributed by atoms with Crippen LogP contribution in [-0.2, 0) is 25.0 Å². The third kappa shape index (κ3) is 6.95. The Bertz CT molecular complexity index is 897. The summed E-state index contributed by atoms with van der Waals surface area (Å²) in [7, 11) is -3.30. The number of rotatable bonds is 9. The molecule has 1 heterocycles. The molecule has 7 heteroatoms. The van der Waals surface area contributed by atoms with Gasteiger partial charge in [0.25, 0.3) is 0 Å². The minimum absolute atomic E-state index is 0.00510. The Labute approximate surface area is 200 Å². The summed E-state index contributed by atoms with van der Waals surface area (Å²) in [6.07, 6.45) is 9.10. The molecule has 1 aromatic rings. The van der Waals surface area contributed by atoms with Gasteiger partial charge < -0.3 is 9.64 Å². The van der Waals surface area contributed by atoms with E-state index in [9.17, 15) is 13.2 Å². The molecule has 1 aliphatic heterocycles. The van der Waals surface area contributed by atoms with Crippen LogP contribution in [0.5, 0.6) is 0 Å². The number of esters is 1. The maximum Gasteiger partial charge on any atom is 0.309 e. The molecule has 1 saturated heterocycles. The van der Waals surface area contributed by atoms with Crippen molar-refractivity contribution in [2.75, 3.05) is 37.2 Å². The highest BCUT2D eigenvalue weighted by Gasteiger charge is 2.39. The number of nitrogens with one attached hydrogen (secondary N) is 1. The van der Waals surface area contributed by atoms with Crippen molar-refractivity contribution in [1.82, 2.24) is 4.90 Å². The number of ether oxygens (including phenoxy) is 1. The van der Waals surface area contributed by atoms with Crippen molar-refractivity contribution in [2.45, 2.75) is 71.1 Å². The van der Waals surface area contributed by atoms with Crippen LogP contribution >= 0.6 is 0 Å². The van der Waals surface area contributed by atoms with Crippen molar-refractivity contribution in [3.8, 4) is 0 Å². The van der Waals surface area contributed by atoms with Crippen molar-refractivity contribution in [1.29, 1.82) is 0 Å². The fraction of sp³-hybridized carbons (Fsp3) is 0.731. The van der Waals surface area contributed by atoms with Gasteiger partial charge >= 0.3 is 5.97 Å². The van der Waals surface area contributed by atoms with E-state index in [1.165, 1.54) is 31.1 Å². The van der Waals surface area contributed by atoms with Gasteiger partial charge in [-0.25, -0.2) is 8.42 Å². The van der Waals surface area contributed by atoms with Gasteiger partial charge in [0.1, 0.15) is 0 Å². The largest absolute Gasteiger partial charge is 0.466 e. The van der Waals surface area contributed by atoms with Gasteiger partial charge in [-0.15, -0.1) is 0 Å². The average molecular weight is 479 g/mol. The average Bonchev–Trinajstić information content (AvgIpc) is 2.76. The number of nitrogens with zero attached hydrogens (tertiary/aromatic N) is 1. The lowest BCUT2D eigenvalue weighted by atomic mass is 9.68. The Morgan fingerprint density at radius 2 is 2.00 bits per heavy atom. The molecule has 3 unspecified atom stereocenters. The lowest BCUT2D eigenvalue weighted by Crippen LogP contribution is -2.48. The maximum absolute atomic E-state index is 12.7. The Kier molecular flexibility index (Phi) is 8.84. The predicted octanol–water partition coefficient (Wildman–Crippen LogP) is 4.81. The van der Waals surface area contributed by atoms with E-state index in [1.54, 1.807) is 6.07 Å². The molecule has 1 aliphatic carbocycles. The first-order valence-electron chi connectivity index (χ1n) is 12.6. The second-order valence-corrected chi connectivity index (χ2v) is 12.1. The third-order valence-electron chi connectivity index (χ3n) is 7.96. The van der Waals surface area contributed by atoms with Crippen molar-refractivity contribution in [3.63, 3.8) is 0 Å². The SMILES string of the molecule is CCOC(=O)C(CCN1CCC(C)(c2cccc(NS(C)(=O)=O)c2)C(C)C1)C1CCCCC1. The molecule has 6 nitrogen and oxygen atoms in total. The van der Waals surface area contributed by atoms with Gasteiger partial charge in [0.15, 0.2) is 0 Å². The van der Waals surface area contributed by atoms with E-state index in [1.807, 2.05) is 19.1 Å². The third-order valence-corrected chi connectivity index (χ3v) is 8.56. The summed E-state index contributed by atoms with van der Waals surface area (Å²) < 4.78 is 31.4. The fourth-order valence-corrected chi connectivity index (χ4v) is 6.31. The topological polar surface area (TPSA) is 75.7 Å². The molecule has 1 N–H and O–H groups in total. The van der Waals surface area contributed by atoms with Crippen LogP contribution in [0.2, 0.25) is 0 Å². The number of carbonyl (C=O) groups is 1. The zero-order valence-corrected chi connectivity index (χ0v) is 21.6. The standard InChI is InChI=1S/C26H42N2O4S/c1-5-32-25(29)24(21-10-7-6-8-11-21)14-16-28-17-15-26(3,20(2)19-28)22-12-9-13-23(18-22)27-33(4,30)31/h9,12-13,18,20-21,24,27H,5-8,10-11,14-17,19H2,1-4H3. The van der Waals surface area contributed by atoms with Crippen molar-refractivity contribution >= 4 is 21.7 Å². The Hall–Kier alpha value is -1.60. The number of hydrogen-bond donors (Lipinski definition) is 1. The summed E-state index contributed by atoms with van der Waals surface area (Å²) >= 11 is 0. The summed E-state index contributed by atoms with van der Waals surface area (Å²) in [5.41, 5.74) is 1.78. The van der Waals surface area contributed by atoms with Crippen LogP contribution in [0.3, 0.4) is 0 Å². The molecule has 0 spiro atoms. The highest BCUT2D eigenvalue weighted by atomic mass is 32.2. The minimum Gasteiger partial charge on any atom is -0.466 e. The van der Waals surface area contributed by atoms with Crippen LogP contribution < -0.4 is 4.72 Å². The van der Waals surface area contributed by atoms with Gasteiger partial charge in [-0.2, -0.15) is 0 Å². The van der Waals surface area contributed by atoms with E-state index >= 15 is 0 Å².